The van der Waals surface area contributed by atoms with E-state index in [0.717, 1.165) is 33.4 Å². The Hall–Kier alpha value is -6.16. The first kappa shape index (κ1) is 45.9. The van der Waals surface area contributed by atoms with E-state index >= 15 is 0 Å². The van der Waals surface area contributed by atoms with Crippen molar-refractivity contribution in [1.82, 2.24) is 0 Å². The molecule has 0 bridgehead atoms. The molecule has 0 fully saturated rings. The molecular formula is C55H55MoNO4. The van der Waals surface area contributed by atoms with Crippen LogP contribution in [0.25, 0.3) is 0 Å². The molecule has 310 valence electrons. The third-order valence-corrected chi connectivity index (χ3v) is 12.9. The van der Waals surface area contributed by atoms with Crippen LogP contribution >= 0.6 is 0 Å². The molecule has 7 aromatic rings. The molecule has 0 aliphatic carbocycles. The van der Waals surface area contributed by atoms with Crippen LogP contribution in [0.5, 0.6) is 0 Å². The number of hydrogen-bond donors (Lipinski definition) is 2. The minimum atomic E-state index is -1.20. The smallest absolute Gasteiger partial charge is 0.323 e. The van der Waals surface area contributed by atoms with E-state index in [4.69, 9.17) is 3.50 Å². The number of carbonyl (C=O) groups is 2. The Bertz CT molecular complexity index is 2180. The molecule has 6 heteroatoms. The van der Waals surface area contributed by atoms with Crippen molar-refractivity contribution >= 4 is 22.0 Å². The fraction of sp³-hybridized carbons (Fsp3) is 0.182. The second-order valence-corrected chi connectivity index (χ2v) is 18.3. The standard InChI is InChI=1S/2C20H16O2.C10H13N.C5H10.Mo/c2*21-19(22)20(16-10-4-1-5-11-16,17-12-6-2-7-13-17)18-14-8-3-9-15-18;1-10(2,3)8-6-4-5-7-9(8)11;1-5(2,3)4;/h2*1-15H,(H,21,22);4-7H,1-3H3;1H,2-4H3;. The Labute approximate surface area is 369 Å². The average Bonchev–Trinajstić information content (AvgIpc) is 3.26. The number of carboxylic acid groups (broad SMARTS) is 2. The summed E-state index contributed by atoms with van der Waals surface area (Å²) < 4.78 is 7.22. The Balaban J connectivity index is 0.000000175. The summed E-state index contributed by atoms with van der Waals surface area (Å²) >= 11 is -0.390. The first-order chi connectivity index (χ1) is 29.2. The summed E-state index contributed by atoms with van der Waals surface area (Å²) in [6.07, 6.45) is 0. The van der Waals surface area contributed by atoms with Crippen molar-refractivity contribution in [3.05, 3.63) is 245 Å². The van der Waals surface area contributed by atoms with Gasteiger partial charge in [0.2, 0.25) is 0 Å². The molecular weight excluding hydrogens is 835 g/mol. The van der Waals surface area contributed by atoms with Crippen LogP contribution < -0.4 is 0 Å². The van der Waals surface area contributed by atoms with Crippen molar-refractivity contribution < 1.29 is 37.7 Å². The molecule has 0 aliphatic heterocycles. The van der Waals surface area contributed by atoms with E-state index in [9.17, 15) is 19.8 Å². The number of nitrogens with zero attached hydrogens (tertiary/aromatic N) is 1. The van der Waals surface area contributed by atoms with Gasteiger partial charge in [-0.05, 0) is 33.4 Å². The van der Waals surface area contributed by atoms with Crippen LogP contribution in [0.3, 0.4) is 0 Å². The second kappa shape index (κ2) is 20.9. The van der Waals surface area contributed by atoms with Crippen LogP contribution in [-0.2, 0) is 43.8 Å². The quantitative estimate of drug-likeness (QED) is 0.112. The number of hydrogen-bond acceptors (Lipinski definition) is 3. The fourth-order valence-electron chi connectivity index (χ4n) is 7.30. The summed E-state index contributed by atoms with van der Waals surface area (Å²) in [5, 5.41) is 20.4. The summed E-state index contributed by atoms with van der Waals surface area (Å²) in [5.41, 5.74) is 5.10. The van der Waals surface area contributed by atoms with E-state index in [0.29, 0.717) is 5.41 Å². The van der Waals surface area contributed by atoms with E-state index in [2.05, 4.69) is 70.2 Å². The molecule has 0 spiro atoms. The zero-order valence-corrected chi connectivity index (χ0v) is 37.8. The first-order valence-electron chi connectivity index (χ1n) is 20.3. The predicted molar refractivity (Wildman–Crippen MR) is 246 cm³/mol. The third-order valence-electron chi connectivity index (χ3n) is 10.2. The maximum atomic E-state index is 12.4. The molecule has 0 heterocycles. The molecule has 61 heavy (non-hydrogen) atoms. The van der Waals surface area contributed by atoms with Crippen LogP contribution in [0.15, 0.2) is 210 Å². The van der Waals surface area contributed by atoms with Crippen molar-refractivity contribution in [2.45, 2.75) is 57.8 Å². The molecule has 5 nitrogen and oxygen atoms in total. The molecule has 0 aromatic heterocycles. The molecule has 0 amide bonds. The van der Waals surface area contributed by atoms with Gasteiger partial charge in [0, 0.05) is 0 Å². The summed E-state index contributed by atoms with van der Waals surface area (Å²) in [4.78, 5) is 24.8. The Morgan fingerprint density at radius 2 is 0.656 bits per heavy atom. The minimum Gasteiger partial charge on any atom is -0.480 e. The SMILES string of the molecule is CC(C)(C)[CH]=[Mo]=[N]c1ccccc1C(C)(C)C.O=C(O)C(c1ccccc1)(c1ccccc1)c1ccccc1.O=C(O)C(c1ccccc1)(c1ccccc1)c1ccccc1. The third kappa shape index (κ3) is 11.2. The molecule has 2 N–H and O–H groups in total. The Kier molecular flexibility index (Phi) is 15.7. The van der Waals surface area contributed by atoms with Gasteiger partial charge < -0.3 is 10.2 Å². The van der Waals surface area contributed by atoms with Crippen molar-refractivity contribution in [2.24, 2.45) is 8.91 Å². The van der Waals surface area contributed by atoms with E-state index in [1.54, 1.807) is 0 Å². The van der Waals surface area contributed by atoms with Crippen molar-refractivity contribution in [1.29, 1.82) is 0 Å². The van der Waals surface area contributed by atoms with Gasteiger partial charge in [-0.2, -0.15) is 0 Å². The van der Waals surface area contributed by atoms with Gasteiger partial charge in [0.05, 0.1) is 0 Å². The Morgan fingerprint density at radius 1 is 0.410 bits per heavy atom. The molecule has 0 radical (unpaired) electrons. The summed E-state index contributed by atoms with van der Waals surface area (Å²) in [7, 11) is 0. The van der Waals surface area contributed by atoms with Gasteiger partial charge >= 0.3 is 126 Å². The second-order valence-electron chi connectivity index (χ2n) is 16.8. The maximum Gasteiger partial charge on any atom is 0.323 e. The van der Waals surface area contributed by atoms with E-state index in [1.807, 2.05) is 182 Å². The summed E-state index contributed by atoms with van der Waals surface area (Å²) in [6, 6.07) is 64.8. The van der Waals surface area contributed by atoms with Crippen LogP contribution in [0.4, 0.5) is 5.69 Å². The van der Waals surface area contributed by atoms with E-state index in [1.165, 1.54) is 11.3 Å². The monoisotopic (exact) mass is 891 g/mol. The minimum absolute atomic E-state index is 0.175. The van der Waals surface area contributed by atoms with Gasteiger partial charge in [-0.3, -0.25) is 9.59 Å². The molecule has 0 saturated carbocycles. The van der Waals surface area contributed by atoms with Gasteiger partial charge in [0.15, 0.2) is 0 Å². The molecule has 0 unspecified atom stereocenters. The predicted octanol–water partition coefficient (Wildman–Crippen LogP) is 12.9. The Morgan fingerprint density at radius 3 is 0.885 bits per heavy atom. The number of carboxylic acids is 2. The normalized spacial score (nSPS) is 11.4. The topological polar surface area (TPSA) is 87.0 Å². The van der Waals surface area contributed by atoms with Gasteiger partial charge in [-0.1, -0.05) is 182 Å². The summed E-state index contributed by atoms with van der Waals surface area (Å²) in [6.45, 7) is 13.5. The largest absolute Gasteiger partial charge is 0.480 e. The van der Waals surface area contributed by atoms with Crippen LogP contribution in [0.1, 0.15) is 80.5 Å². The fourth-order valence-corrected chi connectivity index (χ4v) is 8.88. The van der Waals surface area contributed by atoms with Gasteiger partial charge in [-0.25, -0.2) is 0 Å². The van der Waals surface area contributed by atoms with Crippen molar-refractivity contribution in [2.75, 3.05) is 0 Å². The number of aliphatic carboxylic acids is 2. The zero-order valence-electron chi connectivity index (χ0n) is 35.8. The molecule has 0 atom stereocenters. The zero-order chi connectivity index (χ0) is 43.9. The maximum absolute atomic E-state index is 12.4. The molecule has 0 saturated heterocycles. The van der Waals surface area contributed by atoms with E-state index in [-0.39, 0.29) is 23.3 Å². The van der Waals surface area contributed by atoms with Crippen molar-refractivity contribution in [3.8, 4) is 0 Å². The van der Waals surface area contributed by atoms with Crippen LogP contribution in [0, 0.1) is 5.41 Å². The van der Waals surface area contributed by atoms with Gasteiger partial charge in [0.25, 0.3) is 0 Å². The molecule has 7 aromatic carbocycles. The number of benzene rings is 7. The molecule has 0 aliphatic rings. The van der Waals surface area contributed by atoms with Crippen LogP contribution in [-0.4, -0.2) is 26.6 Å². The molecule has 7 rings (SSSR count). The summed E-state index contributed by atoms with van der Waals surface area (Å²) in [5.74, 6) is -1.76. The number of rotatable bonds is 9. The average molecular weight is 890 g/mol. The van der Waals surface area contributed by atoms with Crippen LogP contribution in [0.2, 0.25) is 0 Å². The van der Waals surface area contributed by atoms with Gasteiger partial charge in [-0.15, -0.1) is 0 Å². The first-order valence-corrected chi connectivity index (χ1v) is 22.4. The van der Waals surface area contributed by atoms with Crippen molar-refractivity contribution in [3.63, 3.8) is 0 Å². The van der Waals surface area contributed by atoms with E-state index < -0.39 is 22.8 Å². The van der Waals surface area contributed by atoms with Gasteiger partial charge in [0.1, 0.15) is 10.8 Å².